The van der Waals surface area contributed by atoms with Crippen molar-refractivity contribution in [1.82, 2.24) is 14.8 Å². The molecule has 0 unspecified atom stereocenters. The number of piperidine rings is 1. The number of carbonyl (C=O) groups excluding carboxylic acids is 1. The SMILES string of the molecule is CN(C(=O)c1cccc(N)n1)C1CCN(Cc2ccccc2)CC1.Cl.Cl. The Morgan fingerprint density at radius 2 is 1.77 bits per heavy atom. The zero-order valence-corrected chi connectivity index (χ0v) is 16.5. The molecular weight excluding hydrogens is 371 g/mol. The van der Waals surface area contributed by atoms with Gasteiger partial charge in [0.05, 0.1) is 0 Å². The Hall–Kier alpha value is -1.82. The van der Waals surface area contributed by atoms with Crippen LogP contribution in [-0.2, 0) is 6.54 Å². The summed E-state index contributed by atoms with van der Waals surface area (Å²) in [5.74, 6) is 0.329. The molecule has 1 amide bonds. The van der Waals surface area contributed by atoms with Gasteiger partial charge in [-0.2, -0.15) is 0 Å². The Balaban J connectivity index is 0.00000169. The van der Waals surface area contributed by atoms with Crippen molar-refractivity contribution in [2.24, 2.45) is 0 Å². The van der Waals surface area contributed by atoms with Gasteiger partial charge in [0.15, 0.2) is 0 Å². The van der Waals surface area contributed by atoms with Crippen molar-refractivity contribution < 1.29 is 4.79 Å². The van der Waals surface area contributed by atoms with Crippen LogP contribution in [0, 0.1) is 0 Å². The summed E-state index contributed by atoms with van der Waals surface area (Å²) in [5.41, 5.74) is 7.44. The van der Waals surface area contributed by atoms with Crippen molar-refractivity contribution >= 4 is 36.5 Å². The third kappa shape index (κ3) is 5.59. The predicted octanol–water partition coefficient (Wildman–Crippen LogP) is 3.24. The number of rotatable bonds is 4. The number of halogens is 2. The van der Waals surface area contributed by atoms with Crippen molar-refractivity contribution in [3.05, 3.63) is 59.8 Å². The first kappa shape index (κ1) is 22.2. The molecular formula is C19H26Cl2N4O. The second-order valence-electron chi connectivity index (χ2n) is 6.36. The topological polar surface area (TPSA) is 62.5 Å². The molecule has 7 heteroatoms. The molecule has 5 nitrogen and oxygen atoms in total. The van der Waals surface area contributed by atoms with E-state index < -0.39 is 0 Å². The van der Waals surface area contributed by atoms with Crippen LogP contribution in [0.1, 0.15) is 28.9 Å². The summed E-state index contributed by atoms with van der Waals surface area (Å²) >= 11 is 0. The van der Waals surface area contributed by atoms with E-state index in [9.17, 15) is 4.79 Å². The van der Waals surface area contributed by atoms with Crippen molar-refractivity contribution in [3.8, 4) is 0 Å². The van der Waals surface area contributed by atoms with Crippen LogP contribution in [0.2, 0.25) is 0 Å². The second-order valence-corrected chi connectivity index (χ2v) is 6.36. The van der Waals surface area contributed by atoms with E-state index in [1.54, 1.807) is 18.2 Å². The molecule has 0 bridgehead atoms. The Morgan fingerprint density at radius 3 is 2.38 bits per heavy atom. The summed E-state index contributed by atoms with van der Waals surface area (Å²) in [4.78, 5) is 21.0. The van der Waals surface area contributed by atoms with Gasteiger partial charge in [-0.3, -0.25) is 9.69 Å². The molecule has 0 radical (unpaired) electrons. The van der Waals surface area contributed by atoms with Crippen LogP contribution in [-0.4, -0.2) is 46.9 Å². The molecule has 1 aliphatic heterocycles. The molecule has 0 aliphatic carbocycles. The maximum absolute atomic E-state index is 12.6. The molecule has 0 atom stereocenters. The van der Waals surface area contributed by atoms with Crippen LogP contribution in [0.5, 0.6) is 0 Å². The van der Waals surface area contributed by atoms with E-state index in [0.717, 1.165) is 32.5 Å². The highest BCUT2D eigenvalue weighted by Gasteiger charge is 2.26. The number of amides is 1. The second kappa shape index (κ2) is 10.4. The lowest BCUT2D eigenvalue weighted by Crippen LogP contribution is -2.45. The van der Waals surface area contributed by atoms with Crippen LogP contribution >= 0.6 is 24.8 Å². The fourth-order valence-corrected chi connectivity index (χ4v) is 3.22. The minimum atomic E-state index is -0.0520. The van der Waals surface area contributed by atoms with Crippen molar-refractivity contribution in [1.29, 1.82) is 0 Å². The molecule has 1 fully saturated rings. The number of anilines is 1. The minimum absolute atomic E-state index is 0. The van der Waals surface area contributed by atoms with E-state index in [0.29, 0.717) is 11.5 Å². The summed E-state index contributed by atoms with van der Waals surface area (Å²) in [6, 6.07) is 16.0. The molecule has 2 N–H and O–H groups in total. The largest absolute Gasteiger partial charge is 0.384 e. The normalized spacial score (nSPS) is 14.8. The summed E-state index contributed by atoms with van der Waals surface area (Å²) in [6.07, 6.45) is 1.97. The lowest BCUT2D eigenvalue weighted by atomic mass is 10.0. The number of nitrogens with two attached hydrogens (primary N) is 1. The number of nitrogen functional groups attached to an aromatic ring is 1. The Labute approximate surface area is 167 Å². The van der Waals surface area contributed by atoms with Gasteiger partial charge in [-0.05, 0) is 30.5 Å². The average Bonchev–Trinajstić information content (AvgIpc) is 2.62. The molecule has 3 rings (SSSR count). The molecule has 0 saturated carbocycles. The van der Waals surface area contributed by atoms with Crippen LogP contribution in [0.4, 0.5) is 5.82 Å². The van der Waals surface area contributed by atoms with Gasteiger partial charge >= 0.3 is 0 Å². The number of aromatic nitrogens is 1. The zero-order chi connectivity index (χ0) is 16.9. The third-order valence-electron chi connectivity index (χ3n) is 4.66. The van der Waals surface area contributed by atoms with E-state index in [2.05, 4.69) is 34.1 Å². The number of pyridine rings is 1. The Kier molecular flexibility index (Phi) is 8.85. The lowest BCUT2D eigenvalue weighted by molar-refractivity contribution is 0.0631. The first-order chi connectivity index (χ1) is 11.6. The summed E-state index contributed by atoms with van der Waals surface area (Å²) in [5, 5.41) is 0. The molecule has 1 saturated heterocycles. The van der Waals surface area contributed by atoms with Gasteiger partial charge in [0.25, 0.3) is 5.91 Å². The number of carbonyl (C=O) groups is 1. The van der Waals surface area contributed by atoms with Gasteiger partial charge in [-0.15, -0.1) is 24.8 Å². The summed E-state index contributed by atoms with van der Waals surface area (Å²) in [6.45, 7) is 2.98. The van der Waals surface area contributed by atoms with E-state index in [4.69, 9.17) is 5.73 Å². The van der Waals surface area contributed by atoms with Crippen LogP contribution in [0.25, 0.3) is 0 Å². The maximum atomic E-state index is 12.6. The smallest absolute Gasteiger partial charge is 0.272 e. The Bertz CT molecular complexity index is 691. The van der Waals surface area contributed by atoms with Crippen molar-refractivity contribution in [2.75, 3.05) is 25.9 Å². The minimum Gasteiger partial charge on any atom is -0.384 e. The highest BCUT2D eigenvalue weighted by atomic mass is 35.5. The molecule has 26 heavy (non-hydrogen) atoms. The standard InChI is InChI=1S/C19H24N4O.2ClH/c1-22(19(24)17-8-5-9-18(20)21-17)16-10-12-23(13-11-16)14-15-6-3-2-4-7-15;;/h2-9,16H,10-14H2,1H3,(H2,20,21);2*1H. The van der Waals surface area contributed by atoms with Gasteiger partial charge in [-0.1, -0.05) is 36.4 Å². The number of likely N-dealkylation sites (tertiary alicyclic amines) is 1. The third-order valence-corrected chi connectivity index (χ3v) is 4.66. The molecule has 1 aromatic carbocycles. The molecule has 1 aliphatic rings. The fraction of sp³-hybridized carbons (Fsp3) is 0.368. The van der Waals surface area contributed by atoms with Crippen LogP contribution < -0.4 is 5.73 Å². The quantitative estimate of drug-likeness (QED) is 0.861. The molecule has 142 valence electrons. The highest BCUT2D eigenvalue weighted by Crippen LogP contribution is 2.19. The summed E-state index contributed by atoms with van der Waals surface area (Å²) in [7, 11) is 1.87. The monoisotopic (exact) mass is 396 g/mol. The van der Waals surface area contributed by atoms with Gasteiger partial charge in [0, 0.05) is 32.7 Å². The van der Waals surface area contributed by atoms with Gasteiger partial charge < -0.3 is 10.6 Å². The molecule has 2 heterocycles. The predicted molar refractivity (Wildman–Crippen MR) is 110 cm³/mol. The zero-order valence-electron chi connectivity index (χ0n) is 14.9. The molecule has 2 aromatic rings. The van der Waals surface area contributed by atoms with E-state index in [1.807, 2.05) is 18.0 Å². The van der Waals surface area contributed by atoms with Crippen molar-refractivity contribution in [3.63, 3.8) is 0 Å². The number of nitrogens with zero attached hydrogens (tertiary/aromatic N) is 3. The lowest BCUT2D eigenvalue weighted by Gasteiger charge is -2.36. The first-order valence-electron chi connectivity index (χ1n) is 8.39. The van der Waals surface area contributed by atoms with Crippen LogP contribution in [0.3, 0.4) is 0 Å². The van der Waals surface area contributed by atoms with E-state index in [1.165, 1.54) is 5.56 Å². The average molecular weight is 397 g/mol. The Morgan fingerprint density at radius 1 is 1.12 bits per heavy atom. The molecule has 1 aromatic heterocycles. The van der Waals surface area contributed by atoms with Crippen molar-refractivity contribution in [2.45, 2.75) is 25.4 Å². The first-order valence-corrected chi connectivity index (χ1v) is 8.39. The van der Waals surface area contributed by atoms with Gasteiger partial charge in [-0.25, -0.2) is 4.98 Å². The maximum Gasteiger partial charge on any atom is 0.272 e. The fourth-order valence-electron chi connectivity index (χ4n) is 3.22. The molecule has 0 spiro atoms. The number of hydrogen-bond acceptors (Lipinski definition) is 4. The van der Waals surface area contributed by atoms with Gasteiger partial charge in [0.1, 0.15) is 11.5 Å². The van der Waals surface area contributed by atoms with Gasteiger partial charge in [0.2, 0.25) is 0 Å². The number of hydrogen-bond donors (Lipinski definition) is 1. The summed E-state index contributed by atoms with van der Waals surface area (Å²) < 4.78 is 0. The van der Waals surface area contributed by atoms with E-state index >= 15 is 0 Å². The van der Waals surface area contributed by atoms with Crippen LogP contribution in [0.15, 0.2) is 48.5 Å². The number of benzene rings is 1. The highest BCUT2D eigenvalue weighted by molar-refractivity contribution is 5.92. The van der Waals surface area contributed by atoms with E-state index in [-0.39, 0.29) is 36.8 Å².